The van der Waals surface area contributed by atoms with Gasteiger partial charge in [-0.15, -0.1) is 0 Å². The minimum atomic E-state index is -0.249. The van der Waals surface area contributed by atoms with Gasteiger partial charge in [-0.1, -0.05) is 61.0 Å². The molecule has 1 fully saturated rings. The summed E-state index contributed by atoms with van der Waals surface area (Å²) in [4.78, 5) is 12.7. The highest BCUT2D eigenvalue weighted by atomic mass is 16.1. The number of ketones is 1. The lowest BCUT2D eigenvalue weighted by molar-refractivity contribution is 0.0962. The van der Waals surface area contributed by atoms with E-state index < -0.39 is 0 Å². The van der Waals surface area contributed by atoms with Crippen molar-refractivity contribution in [3.8, 4) is 0 Å². The topological polar surface area (TPSA) is 43.1 Å². The fourth-order valence-corrected chi connectivity index (χ4v) is 2.94. The second kappa shape index (κ2) is 6.23. The van der Waals surface area contributed by atoms with Crippen LogP contribution in [0.15, 0.2) is 54.6 Å². The predicted octanol–water partition coefficient (Wildman–Crippen LogP) is 3.88. The van der Waals surface area contributed by atoms with Crippen LogP contribution in [0.5, 0.6) is 0 Å². The summed E-state index contributed by atoms with van der Waals surface area (Å²) in [5.74, 6) is 0.568. The molecule has 1 aliphatic rings. The molecule has 3 rings (SSSR count). The summed E-state index contributed by atoms with van der Waals surface area (Å²) in [6.45, 7) is 0.340. The van der Waals surface area contributed by atoms with Gasteiger partial charge in [0.1, 0.15) is 0 Å². The number of carbonyl (C=O) groups excluding carboxylic acids is 1. The van der Waals surface area contributed by atoms with Gasteiger partial charge in [-0.2, -0.15) is 0 Å². The molecule has 0 radical (unpaired) electrons. The maximum atomic E-state index is 12.7. The van der Waals surface area contributed by atoms with Gasteiger partial charge in [0.25, 0.3) is 0 Å². The third kappa shape index (κ3) is 2.91. The first-order chi connectivity index (χ1) is 10.3. The lowest BCUT2D eigenvalue weighted by Gasteiger charge is -2.25. The first kappa shape index (κ1) is 14.0. The number of Topliss-reactive ketones (excluding diaryl/α,β-unsaturated/α-hetero) is 1. The molecule has 1 atom stereocenters. The summed E-state index contributed by atoms with van der Waals surface area (Å²) >= 11 is 0. The van der Waals surface area contributed by atoms with Crippen LogP contribution in [0.2, 0.25) is 0 Å². The van der Waals surface area contributed by atoms with Gasteiger partial charge in [0.15, 0.2) is 5.78 Å². The molecule has 2 heteroatoms. The van der Waals surface area contributed by atoms with Crippen LogP contribution in [-0.2, 0) is 0 Å². The van der Waals surface area contributed by atoms with E-state index >= 15 is 0 Å². The van der Waals surface area contributed by atoms with E-state index in [9.17, 15) is 4.79 Å². The Bertz CT molecular complexity index is 599. The third-order valence-electron chi connectivity index (χ3n) is 4.53. The van der Waals surface area contributed by atoms with Crippen molar-refractivity contribution in [1.29, 1.82) is 0 Å². The molecule has 0 heterocycles. The summed E-state index contributed by atoms with van der Waals surface area (Å²) < 4.78 is 0. The van der Waals surface area contributed by atoms with Gasteiger partial charge in [0.05, 0.1) is 5.92 Å². The maximum Gasteiger partial charge on any atom is 0.171 e. The van der Waals surface area contributed by atoms with E-state index in [4.69, 9.17) is 5.73 Å². The summed E-state index contributed by atoms with van der Waals surface area (Å²) in [5.41, 5.74) is 8.95. The first-order valence-electron chi connectivity index (χ1n) is 7.69. The third-order valence-corrected chi connectivity index (χ3v) is 4.53. The molecule has 21 heavy (non-hydrogen) atoms. The maximum absolute atomic E-state index is 12.7. The number of benzene rings is 2. The predicted molar refractivity (Wildman–Crippen MR) is 85.6 cm³/mol. The lowest BCUT2D eigenvalue weighted by atomic mass is 9.79. The van der Waals surface area contributed by atoms with Crippen molar-refractivity contribution < 1.29 is 4.79 Å². The Morgan fingerprint density at radius 2 is 1.71 bits per heavy atom. The Kier molecular flexibility index (Phi) is 4.16. The van der Waals surface area contributed by atoms with Crippen molar-refractivity contribution >= 4 is 5.78 Å². The molecule has 2 aromatic rings. The molecule has 2 N–H and O–H groups in total. The molecule has 2 nitrogen and oxygen atoms in total. The Morgan fingerprint density at radius 1 is 1.05 bits per heavy atom. The van der Waals surface area contributed by atoms with E-state index in [1.54, 1.807) is 0 Å². The average Bonchev–Trinajstić information content (AvgIpc) is 2.48. The second-order valence-corrected chi connectivity index (χ2v) is 5.81. The smallest absolute Gasteiger partial charge is 0.171 e. The minimum Gasteiger partial charge on any atom is -0.329 e. The molecule has 1 unspecified atom stereocenters. The number of carbonyl (C=O) groups is 1. The van der Waals surface area contributed by atoms with Gasteiger partial charge in [-0.25, -0.2) is 0 Å². The van der Waals surface area contributed by atoms with Gasteiger partial charge >= 0.3 is 0 Å². The van der Waals surface area contributed by atoms with Crippen molar-refractivity contribution in [1.82, 2.24) is 0 Å². The van der Waals surface area contributed by atoms with Crippen LogP contribution >= 0.6 is 0 Å². The van der Waals surface area contributed by atoms with Crippen molar-refractivity contribution in [3.05, 3.63) is 71.3 Å². The standard InChI is InChI=1S/C19H21NO/c20-13-18(16-5-2-1-3-6-16)19(21)17-11-9-15(10-12-17)14-7-4-8-14/h1-3,5-6,9-12,14,18H,4,7-8,13,20H2. The fraction of sp³-hybridized carbons (Fsp3) is 0.316. The van der Waals surface area contributed by atoms with E-state index in [1.165, 1.54) is 24.8 Å². The van der Waals surface area contributed by atoms with Crippen molar-refractivity contribution in [2.75, 3.05) is 6.54 Å². The molecule has 0 aromatic heterocycles. The van der Waals surface area contributed by atoms with Crippen molar-refractivity contribution in [3.63, 3.8) is 0 Å². The quantitative estimate of drug-likeness (QED) is 0.844. The van der Waals surface area contributed by atoms with E-state index in [0.29, 0.717) is 12.5 Å². The largest absolute Gasteiger partial charge is 0.329 e. The highest BCUT2D eigenvalue weighted by Gasteiger charge is 2.22. The summed E-state index contributed by atoms with van der Waals surface area (Å²) in [5, 5.41) is 0. The zero-order chi connectivity index (χ0) is 14.7. The number of hydrogen-bond acceptors (Lipinski definition) is 2. The Morgan fingerprint density at radius 3 is 2.24 bits per heavy atom. The van der Waals surface area contributed by atoms with Crippen LogP contribution in [0, 0.1) is 0 Å². The second-order valence-electron chi connectivity index (χ2n) is 5.81. The van der Waals surface area contributed by atoms with Crippen LogP contribution in [0.25, 0.3) is 0 Å². The average molecular weight is 279 g/mol. The molecule has 0 bridgehead atoms. The van der Waals surface area contributed by atoms with Crippen LogP contribution in [0.3, 0.4) is 0 Å². The van der Waals surface area contributed by atoms with E-state index in [-0.39, 0.29) is 11.7 Å². The van der Waals surface area contributed by atoms with Gasteiger partial charge in [0.2, 0.25) is 0 Å². The number of nitrogens with two attached hydrogens (primary N) is 1. The van der Waals surface area contributed by atoms with Crippen molar-refractivity contribution in [2.45, 2.75) is 31.1 Å². The van der Waals surface area contributed by atoms with E-state index in [0.717, 1.165) is 11.1 Å². The molecule has 1 aliphatic carbocycles. The summed E-state index contributed by atoms with van der Waals surface area (Å²) in [6, 6.07) is 17.9. The Hall–Kier alpha value is -1.93. The van der Waals surface area contributed by atoms with Gasteiger partial charge in [-0.05, 0) is 29.9 Å². The SMILES string of the molecule is NCC(C(=O)c1ccc(C2CCC2)cc1)c1ccccc1. The molecular weight excluding hydrogens is 258 g/mol. The van der Waals surface area contributed by atoms with Crippen molar-refractivity contribution in [2.24, 2.45) is 5.73 Å². The normalized spacial score (nSPS) is 16.2. The lowest BCUT2D eigenvalue weighted by Crippen LogP contribution is -2.22. The molecule has 2 aromatic carbocycles. The van der Waals surface area contributed by atoms with E-state index in [1.807, 2.05) is 42.5 Å². The first-order valence-corrected chi connectivity index (χ1v) is 7.69. The van der Waals surface area contributed by atoms with Crippen LogP contribution < -0.4 is 5.73 Å². The molecule has 0 amide bonds. The molecule has 108 valence electrons. The zero-order valence-corrected chi connectivity index (χ0v) is 12.2. The molecule has 1 saturated carbocycles. The van der Waals surface area contributed by atoms with Crippen LogP contribution in [-0.4, -0.2) is 12.3 Å². The molecule has 0 spiro atoms. The number of hydrogen-bond donors (Lipinski definition) is 1. The summed E-state index contributed by atoms with van der Waals surface area (Å²) in [7, 11) is 0. The number of rotatable bonds is 5. The van der Waals surface area contributed by atoms with Crippen LogP contribution in [0.1, 0.15) is 52.6 Å². The Labute approximate surface area is 126 Å². The minimum absolute atomic E-state index is 0.115. The van der Waals surface area contributed by atoms with Crippen LogP contribution in [0.4, 0.5) is 0 Å². The van der Waals surface area contributed by atoms with E-state index in [2.05, 4.69) is 12.1 Å². The zero-order valence-electron chi connectivity index (χ0n) is 12.2. The van der Waals surface area contributed by atoms with Gasteiger partial charge < -0.3 is 5.73 Å². The highest BCUT2D eigenvalue weighted by Crippen LogP contribution is 2.36. The molecule has 0 saturated heterocycles. The Balaban J connectivity index is 1.79. The molecular formula is C19H21NO. The van der Waals surface area contributed by atoms with Gasteiger partial charge in [0, 0.05) is 12.1 Å². The molecule has 0 aliphatic heterocycles. The monoisotopic (exact) mass is 279 g/mol. The van der Waals surface area contributed by atoms with Gasteiger partial charge in [-0.3, -0.25) is 4.79 Å². The fourth-order valence-electron chi connectivity index (χ4n) is 2.94. The highest BCUT2D eigenvalue weighted by molar-refractivity contribution is 6.01. The summed E-state index contributed by atoms with van der Waals surface area (Å²) in [6.07, 6.45) is 3.89.